The zero-order valence-corrected chi connectivity index (χ0v) is 18.8. The van der Waals surface area contributed by atoms with E-state index in [9.17, 15) is 49.4 Å². The molecule has 0 bridgehead atoms. The number of piperazine rings is 1. The maximum atomic E-state index is 13.6. The summed E-state index contributed by atoms with van der Waals surface area (Å²) in [5.74, 6) is 0. The lowest BCUT2D eigenvalue weighted by molar-refractivity contribution is -0.308. The van der Waals surface area contributed by atoms with E-state index in [2.05, 4.69) is 4.74 Å². The second-order valence-electron chi connectivity index (χ2n) is 8.63. The molecule has 3 rings (SSSR count). The average Bonchev–Trinajstić information content (AvgIpc) is 3.24. The molecule has 0 radical (unpaired) electrons. The Balaban J connectivity index is 1.66. The van der Waals surface area contributed by atoms with Gasteiger partial charge in [-0.25, -0.2) is 4.79 Å². The zero-order valence-electron chi connectivity index (χ0n) is 18.8. The quantitative estimate of drug-likeness (QED) is 0.564. The highest BCUT2D eigenvalue weighted by molar-refractivity contribution is 5.68. The van der Waals surface area contributed by atoms with Crippen molar-refractivity contribution in [1.29, 1.82) is 0 Å². The topological polar surface area (TPSA) is 56.2 Å². The van der Waals surface area contributed by atoms with Crippen molar-refractivity contribution in [3.8, 4) is 0 Å². The van der Waals surface area contributed by atoms with Crippen LogP contribution >= 0.6 is 0 Å². The summed E-state index contributed by atoms with van der Waals surface area (Å²) in [4.78, 5) is 15.8. The predicted octanol–water partition coefficient (Wildman–Crippen LogP) is 4.41. The number of aliphatic hydroxyl groups is 1. The number of halogens is 9. The van der Waals surface area contributed by atoms with E-state index in [0.717, 1.165) is 11.0 Å². The lowest BCUT2D eigenvalue weighted by Crippen LogP contribution is -2.52. The van der Waals surface area contributed by atoms with Crippen molar-refractivity contribution in [3.05, 3.63) is 29.3 Å². The van der Waals surface area contributed by atoms with Crippen molar-refractivity contribution in [2.75, 3.05) is 44.2 Å². The molecule has 15 heteroatoms. The van der Waals surface area contributed by atoms with E-state index < -0.39 is 42.3 Å². The first-order chi connectivity index (χ1) is 16.6. The fourth-order valence-electron chi connectivity index (χ4n) is 4.34. The van der Waals surface area contributed by atoms with Crippen LogP contribution in [0.2, 0.25) is 0 Å². The third kappa shape index (κ3) is 6.66. The number of hydrogen-bond acceptors (Lipinski definition) is 5. The Kier molecular flexibility index (Phi) is 8.23. The van der Waals surface area contributed by atoms with Gasteiger partial charge >= 0.3 is 24.6 Å². The minimum Gasteiger partial charge on any atom is -0.426 e. The number of amides is 1. The smallest absolute Gasteiger partial charge is 0.426 e. The van der Waals surface area contributed by atoms with Crippen LogP contribution in [0.4, 0.5) is 50.0 Å². The molecule has 2 heterocycles. The number of ether oxygens (including phenoxy) is 1. The van der Waals surface area contributed by atoms with E-state index in [0.29, 0.717) is 24.9 Å². The third-order valence-corrected chi connectivity index (χ3v) is 6.11. The normalized spacial score (nSPS) is 20.4. The Morgan fingerprint density at radius 2 is 1.58 bits per heavy atom. The van der Waals surface area contributed by atoms with Crippen LogP contribution < -0.4 is 4.90 Å². The van der Waals surface area contributed by atoms with Gasteiger partial charge in [-0.1, -0.05) is 6.07 Å². The monoisotopic (exact) mass is 537 g/mol. The number of carbonyl (C=O) groups excluding carboxylic acids is 1. The van der Waals surface area contributed by atoms with E-state index in [1.165, 1.54) is 17.0 Å². The highest BCUT2D eigenvalue weighted by atomic mass is 19.4. The summed E-state index contributed by atoms with van der Waals surface area (Å²) in [5.41, 5.74) is -0.418. The first-order valence-electron chi connectivity index (χ1n) is 11.0. The van der Waals surface area contributed by atoms with E-state index in [1.54, 1.807) is 4.90 Å². The van der Waals surface area contributed by atoms with Crippen molar-refractivity contribution in [2.24, 2.45) is 0 Å². The molecular weight excluding hydrogens is 513 g/mol. The Morgan fingerprint density at radius 3 is 2.11 bits per heavy atom. The molecule has 2 aliphatic rings. The lowest BCUT2D eigenvalue weighted by atomic mass is 10.1. The predicted molar refractivity (Wildman–Crippen MR) is 108 cm³/mol. The molecule has 36 heavy (non-hydrogen) atoms. The van der Waals surface area contributed by atoms with Gasteiger partial charge < -0.3 is 19.6 Å². The van der Waals surface area contributed by atoms with Crippen LogP contribution in [-0.4, -0.2) is 84.8 Å². The van der Waals surface area contributed by atoms with E-state index in [-0.39, 0.29) is 45.0 Å². The van der Waals surface area contributed by atoms with Crippen molar-refractivity contribution < 1.29 is 54.2 Å². The zero-order chi connectivity index (χ0) is 26.9. The number of aliphatic hydroxyl groups excluding tert-OH is 1. The fourth-order valence-corrected chi connectivity index (χ4v) is 4.34. The number of alkyl halides is 9. The van der Waals surface area contributed by atoms with Gasteiger partial charge in [-0.3, -0.25) is 4.90 Å². The van der Waals surface area contributed by atoms with Gasteiger partial charge in [0.1, 0.15) is 0 Å². The van der Waals surface area contributed by atoms with Gasteiger partial charge in [0, 0.05) is 45.0 Å². The van der Waals surface area contributed by atoms with Gasteiger partial charge in [0.05, 0.1) is 18.2 Å². The minimum atomic E-state index is -5.82. The second kappa shape index (κ2) is 10.5. The van der Waals surface area contributed by atoms with Crippen LogP contribution in [0.3, 0.4) is 0 Å². The van der Waals surface area contributed by atoms with Gasteiger partial charge in [0.25, 0.3) is 6.10 Å². The fraction of sp³-hybridized carbons (Fsp3) is 0.667. The molecule has 2 fully saturated rings. The highest BCUT2D eigenvalue weighted by Crippen LogP contribution is 2.40. The molecule has 1 unspecified atom stereocenters. The number of benzene rings is 1. The molecule has 0 saturated carbocycles. The average molecular weight is 537 g/mol. The Hall–Kier alpha value is -2.42. The molecule has 2 saturated heterocycles. The lowest BCUT2D eigenvalue weighted by Gasteiger charge is -2.35. The van der Waals surface area contributed by atoms with E-state index in [1.807, 2.05) is 0 Å². The summed E-state index contributed by atoms with van der Waals surface area (Å²) in [6.07, 6.45) is -21.1. The number of carbonyl (C=O) groups is 1. The molecule has 1 aromatic rings. The minimum absolute atomic E-state index is 0.0527. The van der Waals surface area contributed by atoms with Crippen molar-refractivity contribution in [2.45, 2.75) is 50.1 Å². The molecule has 1 atom stereocenters. The number of hydrogen-bond donors (Lipinski definition) is 1. The van der Waals surface area contributed by atoms with Crippen LogP contribution in [-0.2, 0) is 17.5 Å². The molecule has 204 valence electrons. The Morgan fingerprint density at radius 1 is 0.972 bits per heavy atom. The largest absolute Gasteiger partial charge is 0.434 e. The third-order valence-electron chi connectivity index (χ3n) is 6.11. The second-order valence-corrected chi connectivity index (χ2v) is 8.63. The molecule has 1 N–H and O–H groups in total. The molecule has 1 amide bonds. The summed E-state index contributed by atoms with van der Waals surface area (Å²) >= 11 is 0. The van der Waals surface area contributed by atoms with Crippen LogP contribution in [0.1, 0.15) is 24.0 Å². The van der Waals surface area contributed by atoms with Crippen molar-refractivity contribution >= 4 is 11.8 Å². The molecule has 2 aliphatic heterocycles. The van der Waals surface area contributed by atoms with Gasteiger partial charge in [-0.2, -0.15) is 39.5 Å². The standard InChI is InChI=1S/C21H24F9N3O3/c22-19(23,24)15-4-3-13(10-16(15)33-5-1-2-14(33)12-34)11-31-6-8-32(9-7-31)18(35)36-17(20(25,26)27)21(28,29)30/h3-4,10,14,17,34H,1-2,5-9,11-12H2. The van der Waals surface area contributed by atoms with Crippen molar-refractivity contribution in [3.63, 3.8) is 0 Å². The number of rotatable bonds is 5. The van der Waals surface area contributed by atoms with Crippen LogP contribution in [0.25, 0.3) is 0 Å². The maximum absolute atomic E-state index is 13.6. The molecule has 0 spiro atoms. The highest BCUT2D eigenvalue weighted by Gasteiger charge is 2.60. The molecule has 0 aliphatic carbocycles. The van der Waals surface area contributed by atoms with Gasteiger partial charge in [0.15, 0.2) is 0 Å². The Bertz CT molecular complexity index is 899. The molecular formula is C21H24F9N3O3. The first-order valence-corrected chi connectivity index (χ1v) is 11.0. The van der Waals surface area contributed by atoms with Crippen LogP contribution in [0.15, 0.2) is 18.2 Å². The SMILES string of the molecule is O=C(OC(C(F)(F)F)C(F)(F)F)N1CCN(Cc2ccc(C(F)(F)F)c(N3CCCC3CO)c2)CC1. The van der Waals surface area contributed by atoms with Gasteiger partial charge in [-0.15, -0.1) is 0 Å². The Labute approximate surface area is 200 Å². The maximum Gasteiger partial charge on any atom is 0.434 e. The summed E-state index contributed by atoms with van der Waals surface area (Å²) in [5, 5.41) is 9.54. The van der Waals surface area contributed by atoms with Crippen LogP contribution in [0, 0.1) is 0 Å². The number of anilines is 1. The molecule has 6 nitrogen and oxygen atoms in total. The van der Waals surface area contributed by atoms with Crippen molar-refractivity contribution in [1.82, 2.24) is 9.80 Å². The van der Waals surface area contributed by atoms with Gasteiger partial charge in [-0.05, 0) is 30.5 Å². The van der Waals surface area contributed by atoms with Crippen LogP contribution in [0.5, 0.6) is 0 Å². The summed E-state index contributed by atoms with van der Waals surface area (Å²) in [6, 6.07) is 3.15. The summed E-state index contributed by atoms with van der Waals surface area (Å²) in [7, 11) is 0. The first kappa shape index (κ1) is 28.2. The summed E-state index contributed by atoms with van der Waals surface area (Å²) < 4.78 is 120. The molecule has 0 aromatic heterocycles. The number of nitrogens with zero attached hydrogens (tertiary/aromatic N) is 3. The van der Waals surface area contributed by atoms with E-state index in [4.69, 9.17) is 0 Å². The van der Waals surface area contributed by atoms with Gasteiger partial charge in [0.2, 0.25) is 0 Å². The summed E-state index contributed by atoms with van der Waals surface area (Å²) in [6.45, 7) is -0.174. The van der Waals surface area contributed by atoms with E-state index >= 15 is 0 Å². The molecule has 1 aromatic carbocycles.